The van der Waals surface area contributed by atoms with Crippen LogP contribution in [-0.2, 0) is 4.57 Å². The Balaban J connectivity index is 0.000000461. The molecule has 0 amide bonds. The summed E-state index contributed by atoms with van der Waals surface area (Å²) >= 11 is 0. The summed E-state index contributed by atoms with van der Waals surface area (Å²) in [5, 5.41) is 1.79. The normalized spacial score (nSPS) is 11.4. The lowest BCUT2D eigenvalue weighted by atomic mass is 10.1. The minimum atomic E-state index is 0.213. The summed E-state index contributed by atoms with van der Waals surface area (Å²) in [5.74, 6) is 0. The van der Waals surface area contributed by atoms with Crippen molar-refractivity contribution in [3.8, 4) is 0 Å². The van der Waals surface area contributed by atoms with Crippen LogP contribution in [0.4, 0.5) is 0 Å². The fraction of sp³-hybridized carbons (Fsp3) is 0.182. The first-order valence-electron chi connectivity index (χ1n) is 4.26. The van der Waals surface area contributed by atoms with Crippen LogP contribution in [0.3, 0.4) is 0 Å². The van der Waals surface area contributed by atoms with Crippen molar-refractivity contribution in [3.63, 3.8) is 0 Å². The second kappa shape index (κ2) is 4.30. The Morgan fingerprint density at radius 3 is 2.43 bits per heavy atom. The molecule has 0 aliphatic rings. The third-order valence-corrected chi connectivity index (χ3v) is 2.33. The molecule has 0 aliphatic heterocycles. The van der Waals surface area contributed by atoms with Crippen molar-refractivity contribution >= 4 is 25.5 Å². The standard InChI is InChI=1S/C11H10O.HOP/c1-3-7(2)8-4-5-9-10(6-8)11(9)12;1-2/h3-6H,1-2H3;2H. The van der Waals surface area contributed by atoms with Gasteiger partial charge in [-0.25, -0.2) is 0 Å². The van der Waals surface area contributed by atoms with Crippen molar-refractivity contribution in [3.05, 3.63) is 40.1 Å². The molecular formula is C11H11O2P. The number of rotatable bonds is 1. The van der Waals surface area contributed by atoms with Crippen LogP contribution in [0.5, 0.6) is 0 Å². The Bertz CT molecular complexity index is 490. The Hall–Kier alpha value is -1.27. The molecule has 2 nitrogen and oxygen atoms in total. The maximum atomic E-state index is 11.0. The van der Waals surface area contributed by atoms with Gasteiger partial charge >= 0.3 is 0 Å². The van der Waals surface area contributed by atoms with Crippen LogP contribution in [0.1, 0.15) is 19.4 Å². The van der Waals surface area contributed by atoms with Crippen molar-refractivity contribution in [2.24, 2.45) is 0 Å². The lowest BCUT2D eigenvalue weighted by Gasteiger charge is -1.96. The van der Waals surface area contributed by atoms with E-state index >= 15 is 0 Å². The van der Waals surface area contributed by atoms with Gasteiger partial charge in [0.15, 0.2) is 5.43 Å². The molecule has 0 aromatic heterocycles. The van der Waals surface area contributed by atoms with E-state index in [-0.39, 0.29) is 5.43 Å². The van der Waals surface area contributed by atoms with E-state index in [2.05, 4.69) is 13.0 Å². The number of allylic oxidation sites excluding steroid dienone is 2. The summed E-state index contributed by atoms with van der Waals surface area (Å²) in [4.78, 5) is 11.0. The average Bonchev–Trinajstić information content (AvgIpc) is 2.91. The van der Waals surface area contributed by atoms with E-state index in [1.54, 1.807) is 9.12 Å². The van der Waals surface area contributed by atoms with E-state index in [4.69, 9.17) is 4.57 Å². The lowest BCUT2D eigenvalue weighted by Crippen LogP contribution is -1.74. The highest BCUT2D eigenvalue weighted by Crippen LogP contribution is 2.21. The van der Waals surface area contributed by atoms with E-state index in [0.717, 1.165) is 16.3 Å². The van der Waals surface area contributed by atoms with E-state index in [0.29, 0.717) is 0 Å². The number of benzene rings is 1. The first-order chi connectivity index (χ1) is 6.74. The quantitative estimate of drug-likeness (QED) is 0.672. The van der Waals surface area contributed by atoms with Crippen LogP contribution in [0, 0.1) is 0 Å². The minimum Gasteiger partial charge on any atom is -0.289 e. The molecule has 2 aromatic carbocycles. The van der Waals surface area contributed by atoms with Gasteiger partial charge in [-0.1, -0.05) is 12.1 Å². The van der Waals surface area contributed by atoms with Crippen LogP contribution in [0.2, 0.25) is 0 Å². The largest absolute Gasteiger partial charge is 0.289 e. The van der Waals surface area contributed by atoms with Gasteiger partial charge in [0.25, 0.3) is 0 Å². The van der Waals surface area contributed by atoms with E-state index in [1.165, 1.54) is 5.57 Å². The van der Waals surface area contributed by atoms with Gasteiger partial charge < -0.3 is 0 Å². The fourth-order valence-corrected chi connectivity index (χ4v) is 1.30. The molecule has 0 aliphatic carbocycles. The Labute approximate surface area is 84.6 Å². The molecule has 2 aromatic rings. The first kappa shape index (κ1) is 10.8. The molecule has 0 bridgehead atoms. The van der Waals surface area contributed by atoms with E-state index < -0.39 is 0 Å². The molecule has 72 valence electrons. The average molecular weight is 206 g/mol. The van der Waals surface area contributed by atoms with Gasteiger partial charge in [-0.05, 0) is 37.1 Å². The van der Waals surface area contributed by atoms with Crippen LogP contribution >= 0.6 is 9.12 Å². The second-order valence-corrected chi connectivity index (χ2v) is 3.06. The summed E-state index contributed by atoms with van der Waals surface area (Å²) in [7, 11) is 1.72. The Morgan fingerprint density at radius 2 is 1.93 bits per heavy atom. The molecule has 0 heterocycles. The van der Waals surface area contributed by atoms with Crippen molar-refractivity contribution in [2.75, 3.05) is 0 Å². The van der Waals surface area contributed by atoms with Crippen LogP contribution in [-0.4, -0.2) is 0 Å². The summed E-state index contributed by atoms with van der Waals surface area (Å²) in [6.07, 6.45) is 2.05. The topological polar surface area (TPSA) is 34.1 Å². The minimum absolute atomic E-state index is 0.213. The Morgan fingerprint density at radius 1 is 1.29 bits per heavy atom. The molecule has 0 saturated carbocycles. The molecule has 2 rings (SSSR count). The number of fused-ring (bicyclic) bond motifs is 1. The van der Waals surface area contributed by atoms with Crippen molar-refractivity contribution in [1.29, 1.82) is 0 Å². The lowest BCUT2D eigenvalue weighted by molar-refractivity contribution is 0.607. The number of hydrogen-bond donors (Lipinski definition) is 0. The zero-order chi connectivity index (χ0) is 10.7. The smallest absolute Gasteiger partial charge is 0.194 e. The summed E-state index contributed by atoms with van der Waals surface area (Å²) in [5.41, 5.74) is 2.59. The maximum absolute atomic E-state index is 11.0. The van der Waals surface area contributed by atoms with Crippen molar-refractivity contribution < 1.29 is 4.57 Å². The molecule has 0 spiro atoms. The van der Waals surface area contributed by atoms with Gasteiger partial charge in [-0.3, -0.25) is 9.36 Å². The van der Waals surface area contributed by atoms with Crippen molar-refractivity contribution in [2.45, 2.75) is 13.8 Å². The predicted molar refractivity (Wildman–Crippen MR) is 60.9 cm³/mol. The van der Waals surface area contributed by atoms with Gasteiger partial charge in [0.05, 0.1) is 0 Å². The maximum Gasteiger partial charge on any atom is 0.194 e. The third-order valence-electron chi connectivity index (χ3n) is 2.33. The van der Waals surface area contributed by atoms with Gasteiger partial charge in [-0.2, -0.15) is 0 Å². The Kier molecular flexibility index (Phi) is 3.32. The monoisotopic (exact) mass is 206 g/mol. The zero-order valence-corrected chi connectivity index (χ0v) is 9.13. The summed E-state index contributed by atoms with van der Waals surface area (Å²) < 4.78 is 8.06. The van der Waals surface area contributed by atoms with Crippen LogP contribution < -0.4 is 5.43 Å². The zero-order valence-electron chi connectivity index (χ0n) is 8.13. The molecule has 0 unspecified atom stereocenters. The molecule has 0 radical (unpaired) electrons. The third kappa shape index (κ3) is 1.80. The molecule has 14 heavy (non-hydrogen) atoms. The highest BCUT2D eigenvalue weighted by Gasteiger charge is 2.11. The molecule has 0 fully saturated rings. The van der Waals surface area contributed by atoms with E-state index in [9.17, 15) is 4.79 Å². The SMILES string of the molecule is CC=C(C)c1ccc2c(=O)c2c1.O=P. The molecular weight excluding hydrogens is 195 g/mol. The highest BCUT2D eigenvalue weighted by atomic mass is 31.0. The highest BCUT2D eigenvalue weighted by molar-refractivity contribution is 7.00. The van der Waals surface area contributed by atoms with E-state index in [1.807, 2.05) is 25.1 Å². The second-order valence-electron chi connectivity index (χ2n) is 3.06. The number of hydrogen-bond acceptors (Lipinski definition) is 2. The summed E-state index contributed by atoms with van der Waals surface area (Å²) in [6, 6.07) is 5.87. The van der Waals surface area contributed by atoms with Gasteiger partial charge in [-0.15, -0.1) is 0 Å². The van der Waals surface area contributed by atoms with Gasteiger partial charge in [0.2, 0.25) is 0 Å². The van der Waals surface area contributed by atoms with Crippen LogP contribution in [0.15, 0.2) is 29.1 Å². The summed E-state index contributed by atoms with van der Waals surface area (Å²) in [6.45, 7) is 4.05. The molecule has 3 heteroatoms. The molecule has 0 atom stereocenters. The first-order valence-corrected chi connectivity index (χ1v) is 4.67. The molecule has 0 N–H and O–H groups in total. The predicted octanol–water partition coefficient (Wildman–Crippen LogP) is 2.97. The van der Waals surface area contributed by atoms with Gasteiger partial charge in [0, 0.05) is 10.8 Å². The van der Waals surface area contributed by atoms with Gasteiger partial charge in [0.1, 0.15) is 9.12 Å². The van der Waals surface area contributed by atoms with Crippen LogP contribution in [0.25, 0.3) is 16.3 Å². The molecule has 0 saturated heterocycles. The fourth-order valence-electron chi connectivity index (χ4n) is 1.30. The van der Waals surface area contributed by atoms with Crippen molar-refractivity contribution in [1.82, 2.24) is 0 Å².